The van der Waals surface area contributed by atoms with E-state index in [0.29, 0.717) is 0 Å². The van der Waals surface area contributed by atoms with Crippen LogP contribution in [0.5, 0.6) is 0 Å². The lowest BCUT2D eigenvalue weighted by molar-refractivity contribution is -0.159. The molecule has 0 fully saturated rings. The van der Waals surface area contributed by atoms with Crippen LogP contribution in [0.1, 0.15) is 74.7 Å². The van der Waals surface area contributed by atoms with E-state index in [9.17, 15) is 24.3 Å². The summed E-state index contributed by atoms with van der Waals surface area (Å²) in [7, 11) is 1.64. The molecule has 0 unspecified atom stereocenters. The number of carbonyl (C=O) groups excluding carboxylic acids is 2. The summed E-state index contributed by atoms with van der Waals surface area (Å²) in [6.45, 7) is 14.5. The van der Waals surface area contributed by atoms with Gasteiger partial charge in [-0.05, 0) is 38.0 Å². The Morgan fingerprint density at radius 3 is 1.91 bits per heavy atom. The Kier molecular flexibility index (Phi) is 11.3. The van der Waals surface area contributed by atoms with Crippen molar-refractivity contribution in [2.45, 2.75) is 92.3 Å². The van der Waals surface area contributed by atoms with Gasteiger partial charge in [0.1, 0.15) is 5.54 Å². The Labute approximate surface area is 198 Å². The third kappa shape index (κ3) is 7.55. The summed E-state index contributed by atoms with van der Waals surface area (Å²) in [5.41, 5.74) is 4.37. The highest BCUT2D eigenvalue weighted by molar-refractivity contribution is 5.97. The largest absolute Gasteiger partial charge is 0.481 e. The fourth-order valence-corrected chi connectivity index (χ4v) is 3.86. The first-order chi connectivity index (χ1) is 15.0. The van der Waals surface area contributed by atoms with E-state index in [2.05, 4.69) is 0 Å². The minimum absolute atomic E-state index is 0.0358. The van der Waals surface area contributed by atoms with E-state index in [0.717, 1.165) is 0 Å². The van der Waals surface area contributed by atoms with Gasteiger partial charge in [0.2, 0.25) is 11.8 Å². The standard InChI is InChI=1S/C24H43N3O6/c1-10-24(22(32)33,13-12-18(28)29)27(11-2)20(30)16(5)14-17(15(3)4)26(9)21(31)19(25)23(6,7)8/h14-15,17,19H,10-13,25H2,1-9H3,(H,28,29)(H,32,33)/b16-14+/t17-,19-,24-/m1/s1. The lowest BCUT2D eigenvalue weighted by Crippen LogP contribution is -2.57. The van der Waals surface area contributed by atoms with E-state index in [1.54, 1.807) is 33.9 Å². The first-order valence-electron chi connectivity index (χ1n) is 11.5. The van der Waals surface area contributed by atoms with Crippen LogP contribution in [-0.2, 0) is 19.2 Å². The van der Waals surface area contributed by atoms with Gasteiger partial charge in [-0.3, -0.25) is 14.4 Å². The number of likely N-dealkylation sites (N-methyl/N-ethyl adjacent to an activating group) is 2. The molecule has 0 saturated heterocycles. The van der Waals surface area contributed by atoms with Crippen LogP contribution >= 0.6 is 0 Å². The highest BCUT2D eigenvalue weighted by Gasteiger charge is 2.45. The van der Waals surface area contributed by atoms with Crippen molar-refractivity contribution < 1.29 is 29.4 Å². The molecule has 190 valence electrons. The van der Waals surface area contributed by atoms with Crippen molar-refractivity contribution in [1.82, 2.24) is 9.80 Å². The Balaban J connectivity index is 6.19. The smallest absolute Gasteiger partial charge is 0.329 e. The molecule has 0 aliphatic rings. The maximum absolute atomic E-state index is 13.4. The molecule has 0 aromatic rings. The van der Waals surface area contributed by atoms with Crippen molar-refractivity contribution in [3.63, 3.8) is 0 Å². The van der Waals surface area contributed by atoms with Crippen molar-refractivity contribution in [2.24, 2.45) is 17.1 Å². The number of carbonyl (C=O) groups is 4. The van der Waals surface area contributed by atoms with Gasteiger partial charge in [-0.2, -0.15) is 0 Å². The first-order valence-corrected chi connectivity index (χ1v) is 11.5. The minimum Gasteiger partial charge on any atom is -0.481 e. The number of carboxylic acids is 2. The van der Waals surface area contributed by atoms with Crippen molar-refractivity contribution in [2.75, 3.05) is 13.6 Å². The number of aliphatic carboxylic acids is 2. The van der Waals surface area contributed by atoms with E-state index in [1.165, 1.54) is 9.80 Å². The van der Waals surface area contributed by atoms with Gasteiger partial charge >= 0.3 is 11.9 Å². The minimum atomic E-state index is -1.64. The molecular formula is C24H43N3O6. The van der Waals surface area contributed by atoms with Crippen LogP contribution in [0.3, 0.4) is 0 Å². The van der Waals surface area contributed by atoms with E-state index in [1.807, 2.05) is 34.6 Å². The van der Waals surface area contributed by atoms with Gasteiger partial charge in [-0.25, -0.2) is 4.79 Å². The summed E-state index contributed by atoms with van der Waals surface area (Å²) >= 11 is 0. The van der Waals surface area contributed by atoms with Crippen LogP contribution in [0.2, 0.25) is 0 Å². The second-order valence-corrected chi connectivity index (χ2v) is 10.0. The van der Waals surface area contributed by atoms with Gasteiger partial charge in [0.15, 0.2) is 0 Å². The molecule has 33 heavy (non-hydrogen) atoms. The van der Waals surface area contributed by atoms with Gasteiger partial charge < -0.3 is 25.7 Å². The van der Waals surface area contributed by atoms with Gasteiger partial charge in [-0.15, -0.1) is 0 Å². The summed E-state index contributed by atoms with van der Waals surface area (Å²) in [4.78, 5) is 52.5. The summed E-state index contributed by atoms with van der Waals surface area (Å²) in [5, 5.41) is 19.1. The van der Waals surface area contributed by atoms with Gasteiger partial charge in [0, 0.05) is 25.6 Å². The van der Waals surface area contributed by atoms with Crippen LogP contribution in [-0.4, -0.2) is 75.0 Å². The normalized spacial score (nSPS) is 16.0. The zero-order valence-corrected chi connectivity index (χ0v) is 21.6. The number of carboxylic acid groups (broad SMARTS) is 2. The van der Waals surface area contributed by atoms with E-state index in [4.69, 9.17) is 10.8 Å². The second-order valence-electron chi connectivity index (χ2n) is 10.0. The second kappa shape index (κ2) is 12.2. The van der Waals surface area contributed by atoms with Gasteiger partial charge in [0.05, 0.1) is 12.1 Å². The number of amides is 2. The third-order valence-corrected chi connectivity index (χ3v) is 6.25. The zero-order valence-electron chi connectivity index (χ0n) is 21.6. The summed E-state index contributed by atoms with van der Waals surface area (Å²) in [6.07, 6.45) is 1.16. The average molecular weight is 470 g/mol. The molecule has 0 saturated carbocycles. The molecule has 3 atom stereocenters. The maximum Gasteiger partial charge on any atom is 0.329 e. The number of nitrogens with zero attached hydrogens (tertiary/aromatic N) is 2. The molecule has 0 bridgehead atoms. The number of hydrogen-bond donors (Lipinski definition) is 3. The zero-order chi connectivity index (χ0) is 26.3. The molecule has 0 aliphatic carbocycles. The molecule has 0 rings (SSSR count). The Morgan fingerprint density at radius 1 is 1.06 bits per heavy atom. The van der Waals surface area contributed by atoms with Crippen LogP contribution < -0.4 is 5.73 Å². The van der Waals surface area contributed by atoms with Crippen LogP contribution in [0, 0.1) is 11.3 Å². The SMILES string of the molecule is CCN(C(=O)/C(C)=C/[C@H](C(C)C)N(C)C(=O)[C@@H](N)C(C)(C)C)[C@](CC)(CCC(=O)O)C(=O)O. The molecular weight excluding hydrogens is 426 g/mol. The van der Waals surface area contributed by atoms with E-state index < -0.39 is 40.9 Å². The molecule has 2 amide bonds. The molecule has 9 nitrogen and oxygen atoms in total. The van der Waals surface area contributed by atoms with E-state index >= 15 is 0 Å². The van der Waals surface area contributed by atoms with Gasteiger partial charge in [0.25, 0.3) is 0 Å². The molecule has 9 heteroatoms. The molecule has 0 spiro atoms. The molecule has 0 radical (unpaired) electrons. The lowest BCUT2D eigenvalue weighted by atomic mass is 9.85. The molecule has 0 aliphatic heterocycles. The summed E-state index contributed by atoms with van der Waals surface area (Å²) in [5.74, 6) is -3.15. The number of hydrogen-bond acceptors (Lipinski definition) is 5. The van der Waals surface area contributed by atoms with E-state index in [-0.39, 0.29) is 43.2 Å². The van der Waals surface area contributed by atoms with Crippen molar-refractivity contribution in [1.29, 1.82) is 0 Å². The van der Waals surface area contributed by atoms with Crippen LogP contribution in [0.15, 0.2) is 11.6 Å². The van der Waals surface area contributed by atoms with Crippen molar-refractivity contribution in [3.8, 4) is 0 Å². The van der Waals surface area contributed by atoms with Crippen LogP contribution in [0.4, 0.5) is 0 Å². The summed E-state index contributed by atoms with van der Waals surface area (Å²) < 4.78 is 0. The fraction of sp³-hybridized carbons (Fsp3) is 0.750. The highest BCUT2D eigenvalue weighted by Crippen LogP contribution is 2.29. The van der Waals surface area contributed by atoms with Gasteiger partial charge in [-0.1, -0.05) is 47.6 Å². The Bertz CT molecular complexity index is 756. The first kappa shape index (κ1) is 30.6. The Morgan fingerprint density at radius 2 is 1.58 bits per heavy atom. The Hall–Kier alpha value is -2.42. The number of nitrogens with two attached hydrogens (primary N) is 1. The molecule has 0 aromatic carbocycles. The van der Waals surface area contributed by atoms with Crippen LogP contribution in [0.25, 0.3) is 0 Å². The van der Waals surface area contributed by atoms with Crippen molar-refractivity contribution >= 4 is 23.8 Å². The predicted octanol–water partition coefficient (Wildman–Crippen LogP) is 2.74. The lowest BCUT2D eigenvalue weighted by Gasteiger charge is -2.40. The monoisotopic (exact) mass is 469 g/mol. The average Bonchev–Trinajstić information content (AvgIpc) is 2.71. The van der Waals surface area contributed by atoms with Crippen molar-refractivity contribution in [3.05, 3.63) is 11.6 Å². The predicted molar refractivity (Wildman–Crippen MR) is 127 cm³/mol. The summed E-state index contributed by atoms with van der Waals surface area (Å²) in [6, 6.07) is -1.16. The number of rotatable bonds is 12. The maximum atomic E-state index is 13.4. The highest BCUT2D eigenvalue weighted by atomic mass is 16.4. The molecule has 0 aromatic heterocycles. The molecule has 0 heterocycles. The fourth-order valence-electron chi connectivity index (χ4n) is 3.86. The third-order valence-electron chi connectivity index (χ3n) is 6.25. The quantitative estimate of drug-likeness (QED) is 0.373. The molecule has 4 N–H and O–H groups in total. The topological polar surface area (TPSA) is 141 Å².